The molecule has 0 saturated carbocycles. The second-order valence-electron chi connectivity index (χ2n) is 4.17. The zero-order valence-electron chi connectivity index (χ0n) is 12.1. The van der Waals surface area contributed by atoms with Gasteiger partial charge in [0.1, 0.15) is 12.3 Å². The van der Waals surface area contributed by atoms with E-state index < -0.39 is 0 Å². The SMILES string of the molecule is CCOC(=O)CCN(C)C(=O)c1ccc(C#CCO)cn1. The number of amides is 1. The first-order valence-electron chi connectivity index (χ1n) is 6.55. The van der Waals surface area contributed by atoms with E-state index >= 15 is 0 Å². The lowest BCUT2D eigenvalue weighted by molar-refractivity contribution is -0.143. The molecule has 0 spiro atoms. The summed E-state index contributed by atoms with van der Waals surface area (Å²) in [5, 5.41) is 8.59. The van der Waals surface area contributed by atoms with Gasteiger partial charge in [0.15, 0.2) is 0 Å². The molecule has 6 heteroatoms. The summed E-state index contributed by atoms with van der Waals surface area (Å²) in [6.07, 6.45) is 1.62. The van der Waals surface area contributed by atoms with Gasteiger partial charge >= 0.3 is 5.97 Å². The number of hydrogen-bond acceptors (Lipinski definition) is 5. The number of rotatable bonds is 5. The summed E-state index contributed by atoms with van der Waals surface area (Å²) in [5.74, 6) is 4.58. The molecule has 1 amide bonds. The molecule has 0 atom stereocenters. The topological polar surface area (TPSA) is 79.7 Å². The van der Waals surface area contributed by atoms with Crippen LogP contribution in [-0.4, -0.2) is 53.7 Å². The van der Waals surface area contributed by atoms with E-state index in [9.17, 15) is 9.59 Å². The molecule has 0 saturated heterocycles. The average molecular weight is 290 g/mol. The molecule has 1 aromatic heterocycles. The number of carbonyl (C=O) groups excluding carboxylic acids is 2. The van der Waals surface area contributed by atoms with Gasteiger partial charge in [-0.3, -0.25) is 9.59 Å². The normalized spacial score (nSPS) is 9.48. The van der Waals surface area contributed by atoms with Crippen LogP contribution in [0.4, 0.5) is 0 Å². The number of nitrogens with zero attached hydrogens (tertiary/aromatic N) is 2. The molecule has 1 heterocycles. The summed E-state index contributed by atoms with van der Waals surface area (Å²) in [6, 6.07) is 3.21. The molecule has 0 bridgehead atoms. The first kappa shape index (κ1) is 16.7. The van der Waals surface area contributed by atoms with Crippen molar-refractivity contribution in [3.8, 4) is 11.8 Å². The van der Waals surface area contributed by atoms with Crippen LogP contribution in [0.3, 0.4) is 0 Å². The second kappa shape index (κ2) is 8.72. The van der Waals surface area contributed by atoms with E-state index in [1.165, 1.54) is 11.1 Å². The number of aliphatic hydroxyl groups is 1. The minimum atomic E-state index is -0.334. The summed E-state index contributed by atoms with van der Waals surface area (Å²) in [6.45, 7) is 2.11. The molecular formula is C15H18N2O4. The van der Waals surface area contributed by atoms with Crippen LogP contribution < -0.4 is 0 Å². The standard InChI is InChI=1S/C15H18N2O4/c1-3-21-14(19)8-9-17(2)15(20)13-7-6-12(11-16-13)5-4-10-18/h6-7,11,18H,3,8-10H2,1-2H3. The summed E-state index contributed by atoms with van der Waals surface area (Å²) in [7, 11) is 1.60. The highest BCUT2D eigenvalue weighted by molar-refractivity contribution is 5.92. The third-order valence-corrected chi connectivity index (χ3v) is 2.60. The van der Waals surface area contributed by atoms with Gasteiger partial charge in [-0.05, 0) is 19.1 Å². The van der Waals surface area contributed by atoms with Crippen molar-refractivity contribution in [2.24, 2.45) is 0 Å². The fourth-order valence-corrected chi connectivity index (χ4v) is 1.53. The predicted molar refractivity (Wildman–Crippen MR) is 76.4 cm³/mol. The molecule has 0 aliphatic carbocycles. The lowest BCUT2D eigenvalue weighted by Crippen LogP contribution is -2.30. The van der Waals surface area contributed by atoms with Gasteiger partial charge < -0.3 is 14.7 Å². The Hall–Kier alpha value is -2.39. The molecule has 0 aliphatic heterocycles. The van der Waals surface area contributed by atoms with Gasteiger partial charge in [-0.15, -0.1) is 0 Å². The molecule has 0 fully saturated rings. The van der Waals surface area contributed by atoms with Crippen molar-refractivity contribution in [1.82, 2.24) is 9.88 Å². The number of aromatic nitrogens is 1. The average Bonchev–Trinajstić information content (AvgIpc) is 2.50. The highest BCUT2D eigenvalue weighted by Gasteiger charge is 2.14. The highest BCUT2D eigenvalue weighted by atomic mass is 16.5. The molecule has 0 radical (unpaired) electrons. The number of hydrogen-bond donors (Lipinski definition) is 1. The van der Waals surface area contributed by atoms with Gasteiger partial charge in [0.2, 0.25) is 0 Å². The van der Waals surface area contributed by atoms with E-state index in [0.29, 0.717) is 12.2 Å². The Morgan fingerprint density at radius 1 is 1.43 bits per heavy atom. The maximum atomic E-state index is 12.1. The maximum Gasteiger partial charge on any atom is 0.307 e. The molecule has 1 N–H and O–H groups in total. The molecule has 6 nitrogen and oxygen atoms in total. The molecule has 0 aliphatic rings. The van der Waals surface area contributed by atoms with Crippen molar-refractivity contribution in [2.75, 3.05) is 26.8 Å². The number of pyridine rings is 1. The van der Waals surface area contributed by atoms with Crippen LogP contribution in [0.15, 0.2) is 18.3 Å². The van der Waals surface area contributed by atoms with Crippen molar-refractivity contribution < 1.29 is 19.4 Å². The van der Waals surface area contributed by atoms with E-state index in [0.717, 1.165) is 0 Å². The Kier molecular flexibility index (Phi) is 6.92. The fraction of sp³-hybridized carbons (Fsp3) is 0.400. The summed E-state index contributed by atoms with van der Waals surface area (Å²) in [4.78, 5) is 28.8. The van der Waals surface area contributed by atoms with Crippen molar-refractivity contribution >= 4 is 11.9 Å². The monoisotopic (exact) mass is 290 g/mol. The van der Waals surface area contributed by atoms with Crippen LogP contribution in [0.25, 0.3) is 0 Å². The van der Waals surface area contributed by atoms with E-state index in [2.05, 4.69) is 16.8 Å². The first-order valence-corrected chi connectivity index (χ1v) is 6.55. The smallest absolute Gasteiger partial charge is 0.307 e. The van der Waals surface area contributed by atoms with Crippen LogP contribution >= 0.6 is 0 Å². The van der Waals surface area contributed by atoms with Crippen LogP contribution in [0.2, 0.25) is 0 Å². The van der Waals surface area contributed by atoms with Crippen molar-refractivity contribution in [1.29, 1.82) is 0 Å². The summed E-state index contributed by atoms with van der Waals surface area (Å²) in [5.41, 5.74) is 0.894. The fourth-order valence-electron chi connectivity index (χ4n) is 1.53. The van der Waals surface area contributed by atoms with Gasteiger partial charge in [-0.2, -0.15) is 0 Å². The Bertz CT molecular complexity index is 543. The van der Waals surface area contributed by atoms with E-state index in [1.807, 2.05) is 0 Å². The zero-order valence-corrected chi connectivity index (χ0v) is 12.1. The van der Waals surface area contributed by atoms with Crippen LogP contribution in [0, 0.1) is 11.8 Å². The lowest BCUT2D eigenvalue weighted by atomic mass is 10.2. The van der Waals surface area contributed by atoms with Gasteiger partial charge in [-0.25, -0.2) is 4.98 Å². The Balaban J connectivity index is 2.59. The van der Waals surface area contributed by atoms with E-state index in [4.69, 9.17) is 9.84 Å². The van der Waals surface area contributed by atoms with Crippen molar-refractivity contribution in [3.05, 3.63) is 29.6 Å². The summed E-state index contributed by atoms with van der Waals surface area (Å²) >= 11 is 0. The largest absolute Gasteiger partial charge is 0.466 e. The van der Waals surface area contributed by atoms with Gasteiger partial charge in [0.05, 0.1) is 13.0 Å². The summed E-state index contributed by atoms with van der Waals surface area (Å²) < 4.78 is 4.80. The van der Waals surface area contributed by atoms with Crippen LogP contribution in [0.1, 0.15) is 29.4 Å². The van der Waals surface area contributed by atoms with Gasteiger partial charge in [0.25, 0.3) is 5.91 Å². The van der Waals surface area contributed by atoms with Crippen LogP contribution in [0.5, 0.6) is 0 Å². The maximum absolute atomic E-state index is 12.1. The van der Waals surface area contributed by atoms with Gasteiger partial charge in [0, 0.05) is 25.4 Å². The molecule has 0 unspecified atom stereocenters. The Labute approximate surface area is 123 Å². The van der Waals surface area contributed by atoms with E-state index in [1.54, 1.807) is 26.1 Å². The molecule has 0 aromatic carbocycles. The molecule has 21 heavy (non-hydrogen) atoms. The zero-order chi connectivity index (χ0) is 15.7. The minimum absolute atomic E-state index is 0.149. The predicted octanol–water partition coefficient (Wildman–Crippen LogP) is 0.451. The first-order chi connectivity index (χ1) is 10.1. The molecular weight excluding hydrogens is 272 g/mol. The molecule has 1 rings (SSSR count). The quantitative estimate of drug-likeness (QED) is 0.629. The third-order valence-electron chi connectivity index (χ3n) is 2.60. The number of carbonyl (C=O) groups is 2. The minimum Gasteiger partial charge on any atom is -0.466 e. The molecule has 1 aromatic rings. The molecule has 112 valence electrons. The Morgan fingerprint density at radius 3 is 2.76 bits per heavy atom. The Morgan fingerprint density at radius 2 is 2.19 bits per heavy atom. The third kappa shape index (κ3) is 5.63. The number of esters is 1. The van der Waals surface area contributed by atoms with E-state index in [-0.39, 0.29) is 37.1 Å². The lowest BCUT2D eigenvalue weighted by Gasteiger charge is -2.16. The van der Waals surface area contributed by atoms with Crippen LogP contribution in [-0.2, 0) is 9.53 Å². The van der Waals surface area contributed by atoms with Crippen molar-refractivity contribution in [2.45, 2.75) is 13.3 Å². The van der Waals surface area contributed by atoms with Gasteiger partial charge in [-0.1, -0.05) is 11.8 Å². The number of ether oxygens (including phenoxy) is 1. The number of aliphatic hydroxyl groups excluding tert-OH is 1. The second-order valence-corrected chi connectivity index (χ2v) is 4.17. The highest BCUT2D eigenvalue weighted by Crippen LogP contribution is 2.03. The van der Waals surface area contributed by atoms with Crippen molar-refractivity contribution in [3.63, 3.8) is 0 Å².